The number of nitrogens with one attached hydrogen (secondary N) is 1. The molecule has 2 aliphatic rings. The molecule has 1 aromatic carbocycles. The zero-order valence-electron chi connectivity index (χ0n) is 9.49. The van der Waals surface area contributed by atoms with Gasteiger partial charge in [0, 0.05) is 24.2 Å². The van der Waals surface area contributed by atoms with E-state index in [9.17, 15) is 4.79 Å². The van der Waals surface area contributed by atoms with Crippen molar-refractivity contribution >= 4 is 12.1 Å². The molecular weight excluding hydrogens is 200 g/mol. The molecule has 3 nitrogen and oxygen atoms in total. The molecule has 1 heterocycles. The van der Waals surface area contributed by atoms with Crippen molar-refractivity contribution in [1.82, 2.24) is 4.90 Å². The van der Waals surface area contributed by atoms with E-state index in [-0.39, 0.29) is 0 Å². The van der Waals surface area contributed by atoms with Gasteiger partial charge >= 0.3 is 0 Å². The number of likely N-dealkylation sites (N-methyl/N-ethyl adjacent to an activating group) is 1. The fourth-order valence-electron chi connectivity index (χ4n) is 2.93. The lowest BCUT2D eigenvalue weighted by atomic mass is 9.87. The first-order chi connectivity index (χ1) is 7.73. The van der Waals surface area contributed by atoms with Gasteiger partial charge in [-0.15, -0.1) is 0 Å². The van der Waals surface area contributed by atoms with Gasteiger partial charge in [0.15, 0.2) is 0 Å². The van der Waals surface area contributed by atoms with E-state index in [1.165, 1.54) is 30.5 Å². The molecule has 0 bridgehead atoms. The van der Waals surface area contributed by atoms with E-state index in [1.807, 2.05) is 6.07 Å². The Morgan fingerprint density at radius 3 is 2.94 bits per heavy atom. The second kappa shape index (κ2) is 3.32. The number of rotatable bonds is 2. The number of benzene rings is 1. The summed E-state index contributed by atoms with van der Waals surface area (Å²) in [4.78, 5) is 12.8. The maximum absolute atomic E-state index is 10.4. The van der Waals surface area contributed by atoms with Crippen molar-refractivity contribution in [2.24, 2.45) is 0 Å². The van der Waals surface area contributed by atoms with Crippen LogP contribution in [-0.4, -0.2) is 24.9 Å². The molecule has 1 aliphatic carbocycles. The summed E-state index contributed by atoms with van der Waals surface area (Å²) in [6, 6.07) is 6.32. The lowest BCUT2D eigenvalue weighted by molar-refractivity contribution is -0.105. The van der Waals surface area contributed by atoms with E-state index >= 15 is 0 Å². The Morgan fingerprint density at radius 2 is 2.25 bits per heavy atom. The van der Waals surface area contributed by atoms with Crippen LogP contribution in [0.5, 0.6) is 0 Å². The van der Waals surface area contributed by atoms with E-state index in [0.29, 0.717) is 5.41 Å². The highest BCUT2D eigenvalue weighted by Gasteiger charge is 2.48. The van der Waals surface area contributed by atoms with Gasteiger partial charge in [0.1, 0.15) is 0 Å². The molecule has 0 saturated heterocycles. The van der Waals surface area contributed by atoms with E-state index < -0.39 is 0 Å². The first-order valence-electron chi connectivity index (χ1n) is 5.76. The number of anilines is 1. The molecule has 1 aliphatic heterocycles. The molecule has 0 radical (unpaired) electrons. The van der Waals surface area contributed by atoms with Gasteiger partial charge in [0.2, 0.25) is 6.41 Å². The van der Waals surface area contributed by atoms with Gasteiger partial charge < -0.3 is 10.2 Å². The van der Waals surface area contributed by atoms with Crippen LogP contribution in [0.1, 0.15) is 24.0 Å². The lowest BCUT2D eigenvalue weighted by Gasteiger charge is -2.32. The molecule has 1 fully saturated rings. The molecule has 1 amide bonds. The standard InChI is InChI=1S/C13H16N2O/c1-15-7-10-6-11(14-9-16)2-3-12(10)13(8-15)4-5-13/h2-3,6,9H,4-5,7-8H2,1H3,(H,14,16). The molecule has 3 heteroatoms. The first kappa shape index (κ1) is 9.85. The van der Waals surface area contributed by atoms with Gasteiger partial charge in [-0.25, -0.2) is 0 Å². The van der Waals surface area contributed by atoms with Gasteiger partial charge in [0.05, 0.1) is 0 Å². The number of amides is 1. The second-order valence-corrected chi connectivity index (χ2v) is 5.09. The van der Waals surface area contributed by atoms with Gasteiger partial charge in [-0.05, 0) is 43.1 Å². The zero-order valence-corrected chi connectivity index (χ0v) is 9.49. The number of carbonyl (C=O) groups excluding carboxylic acids is 1. The van der Waals surface area contributed by atoms with Gasteiger partial charge in [-0.1, -0.05) is 6.07 Å². The molecule has 1 spiro atoms. The number of carbonyl (C=O) groups is 1. The van der Waals surface area contributed by atoms with Crippen molar-refractivity contribution < 1.29 is 4.79 Å². The summed E-state index contributed by atoms with van der Waals surface area (Å²) in [5.74, 6) is 0. The molecule has 1 saturated carbocycles. The van der Waals surface area contributed by atoms with Crippen molar-refractivity contribution in [2.45, 2.75) is 24.8 Å². The Bertz CT molecular complexity index is 438. The molecule has 1 N–H and O–H groups in total. The fraction of sp³-hybridized carbons (Fsp3) is 0.462. The zero-order chi connectivity index (χ0) is 11.2. The van der Waals surface area contributed by atoms with Crippen molar-refractivity contribution in [1.29, 1.82) is 0 Å². The molecule has 1 aromatic rings. The van der Waals surface area contributed by atoms with Crippen LogP contribution in [0.2, 0.25) is 0 Å². The molecule has 0 aromatic heterocycles. The molecule has 0 atom stereocenters. The number of nitrogens with zero attached hydrogens (tertiary/aromatic N) is 1. The third-order valence-electron chi connectivity index (χ3n) is 3.77. The minimum Gasteiger partial charge on any atom is -0.329 e. The van der Waals surface area contributed by atoms with E-state index in [4.69, 9.17) is 0 Å². The Hall–Kier alpha value is -1.35. The topological polar surface area (TPSA) is 32.3 Å². The predicted octanol–water partition coefficient (Wildman–Crippen LogP) is 1.73. The fourth-order valence-corrected chi connectivity index (χ4v) is 2.93. The average molecular weight is 216 g/mol. The van der Waals surface area contributed by atoms with Crippen LogP contribution in [0.25, 0.3) is 0 Å². The smallest absolute Gasteiger partial charge is 0.211 e. The van der Waals surface area contributed by atoms with E-state index in [2.05, 4.69) is 29.4 Å². The highest BCUT2D eigenvalue weighted by molar-refractivity contribution is 5.72. The predicted molar refractivity (Wildman–Crippen MR) is 63.4 cm³/mol. The molecular formula is C13H16N2O. The summed E-state index contributed by atoms with van der Waals surface area (Å²) in [6.07, 6.45) is 3.36. The number of hydrogen-bond donors (Lipinski definition) is 1. The minimum absolute atomic E-state index is 0.433. The highest BCUT2D eigenvalue weighted by atomic mass is 16.1. The van der Waals surface area contributed by atoms with E-state index in [0.717, 1.165) is 18.6 Å². The lowest BCUT2D eigenvalue weighted by Crippen LogP contribution is -2.35. The highest BCUT2D eigenvalue weighted by Crippen LogP contribution is 2.52. The molecule has 0 unspecified atom stereocenters. The Labute approximate surface area is 95.4 Å². The monoisotopic (exact) mass is 216 g/mol. The summed E-state index contributed by atoms with van der Waals surface area (Å²) < 4.78 is 0. The van der Waals surface area contributed by atoms with Gasteiger partial charge in [-0.3, -0.25) is 4.79 Å². The van der Waals surface area contributed by atoms with Crippen molar-refractivity contribution in [3.63, 3.8) is 0 Å². The quantitative estimate of drug-likeness (QED) is 0.764. The average Bonchev–Trinajstić information content (AvgIpc) is 2.98. The summed E-state index contributed by atoms with van der Waals surface area (Å²) in [5.41, 5.74) is 4.21. The summed E-state index contributed by atoms with van der Waals surface area (Å²) in [6.45, 7) is 2.17. The normalized spacial score (nSPS) is 21.6. The molecule has 3 rings (SSSR count). The Balaban J connectivity index is 2.01. The molecule has 84 valence electrons. The largest absolute Gasteiger partial charge is 0.329 e. The van der Waals surface area contributed by atoms with Gasteiger partial charge in [-0.2, -0.15) is 0 Å². The van der Waals surface area contributed by atoms with Crippen LogP contribution >= 0.6 is 0 Å². The van der Waals surface area contributed by atoms with Crippen LogP contribution in [0.3, 0.4) is 0 Å². The van der Waals surface area contributed by atoms with Crippen LogP contribution < -0.4 is 5.32 Å². The Morgan fingerprint density at radius 1 is 1.44 bits per heavy atom. The SMILES string of the molecule is CN1Cc2cc(NC=O)ccc2C2(CC2)C1. The summed E-state index contributed by atoms with van der Waals surface area (Å²) in [5, 5.41) is 2.72. The maximum Gasteiger partial charge on any atom is 0.211 e. The third-order valence-corrected chi connectivity index (χ3v) is 3.77. The number of hydrogen-bond acceptors (Lipinski definition) is 2. The second-order valence-electron chi connectivity index (χ2n) is 5.09. The van der Waals surface area contributed by atoms with Crippen molar-refractivity contribution in [2.75, 3.05) is 18.9 Å². The van der Waals surface area contributed by atoms with Crippen LogP contribution in [0, 0.1) is 0 Å². The van der Waals surface area contributed by atoms with Crippen LogP contribution in [0.15, 0.2) is 18.2 Å². The van der Waals surface area contributed by atoms with Gasteiger partial charge in [0.25, 0.3) is 0 Å². The minimum atomic E-state index is 0.433. The summed E-state index contributed by atoms with van der Waals surface area (Å²) >= 11 is 0. The maximum atomic E-state index is 10.4. The molecule has 16 heavy (non-hydrogen) atoms. The van der Waals surface area contributed by atoms with Crippen LogP contribution in [0.4, 0.5) is 5.69 Å². The van der Waals surface area contributed by atoms with Crippen molar-refractivity contribution in [3.05, 3.63) is 29.3 Å². The van der Waals surface area contributed by atoms with E-state index in [1.54, 1.807) is 0 Å². The van der Waals surface area contributed by atoms with Crippen LogP contribution in [-0.2, 0) is 16.8 Å². The first-order valence-corrected chi connectivity index (χ1v) is 5.76. The Kier molecular flexibility index (Phi) is 2.04. The summed E-state index contributed by atoms with van der Waals surface area (Å²) in [7, 11) is 2.17. The third kappa shape index (κ3) is 1.43. The van der Waals surface area contributed by atoms with Crippen molar-refractivity contribution in [3.8, 4) is 0 Å². The number of fused-ring (bicyclic) bond motifs is 2.